The van der Waals surface area contributed by atoms with Crippen LogP contribution in [0.5, 0.6) is 0 Å². The third-order valence-corrected chi connectivity index (χ3v) is 2.01. The number of carbonyl (C=O) groups is 2. The fraction of sp³-hybridized carbons (Fsp3) is 0.800. The predicted molar refractivity (Wildman–Crippen MR) is 55.3 cm³/mol. The highest BCUT2D eigenvalue weighted by atomic mass is 16.6. The minimum atomic E-state index is -1.06. The van der Waals surface area contributed by atoms with Gasteiger partial charge in [-0.05, 0) is 6.42 Å². The van der Waals surface area contributed by atoms with Crippen LogP contribution in [0.15, 0.2) is 0 Å². The first-order chi connectivity index (χ1) is 7.57. The minimum absolute atomic E-state index is 0.286. The van der Waals surface area contributed by atoms with Gasteiger partial charge in [0, 0.05) is 0 Å². The Bertz CT molecular complexity index is 200. The number of hydrogen-bond donors (Lipinski definition) is 2. The van der Waals surface area contributed by atoms with Gasteiger partial charge in [0.2, 0.25) is 0 Å². The van der Waals surface area contributed by atoms with Crippen molar-refractivity contribution >= 4 is 11.9 Å². The van der Waals surface area contributed by atoms with Crippen molar-refractivity contribution in [1.29, 1.82) is 0 Å². The highest BCUT2D eigenvalue weighted by Crippen LogP contribution is 2.07. The van der Waals surface area contributed by atoms with Gasteiger partial charge in [-0.3, -0.25) is 9.59 Å². The second-order valence-electron chi connectivity index (χ2n) is 3.27. The molecule has 0 amide bonds. The minimum Gasteiger partial charge on any atom is -0.481 e. The number of aliphatic carboxylic acids is 2. The van der Waals surface area contributed by atoms with Crippen LogP contribution < -0.4 is 0 Å². The first-order valence-electron chi connectivity index (χ1n) is 5.18. The van der Waals surface area contributed by atoms with E-state index in [1.165, 1.54) is 0 Å². The van der Waals surface area contributed by atoms with Crippen LogP contribution >= 0.6 is 0 Å². The summed E-state index contributed by atoms with van der Waals surface area (Å²) in [7, 11) is 0. The number of carboxylic acid groups (broad SMARTS) is 2. The van der Waals surface area contributed by atoms with Crippen molar-refractivity contribution in [3.8, 4) is 0 Å². The van der Waals surface area contributed by atoms with Crippen molar-refractivity contribution in [2.75, 3.05) is 26.4 Å². The lowest BCUT2D eigenvalue weighted by molar-refractivity contribution is -0.148. The fourth-order valence-electron chi connectivity index (χ4n) is 1.06. The van der Waals surface area contributed by atoms with Gasteiger partial charge in [0.1, 0.15) is 0 Å². The summed E-state index contributed by atoms with van der Waals surface area (Å²) in [4.78, 5) is 20.2. The third-order valence-electron chi connectivity index (χ3n) is 2.01. The molecule has 0 aliphatic carbocycles. The summed E-state index contributed by atoms with van der Waals surface area (Å²) in [6.45, 7) is 4.77. The highest BCUT2D eigenvalue weighted by molar-refractivity contribution is 5.77. The second-order valence-corrected chi connectivity index (χ2v) is 3.27. The van der Waals surface area contributed by atoms with E-state index in [1.807, 2.05) is 0 Å². The predicted octanol–water partition coefficient (Wildman–Crippen LogP) is 0.605. The van der Waals surface area contributed by atoms with Crippen LogP contribution in [0, 0.1) is 5.92 Å². The molecule has 0 bridgehead atoms. The van der Waals surface area contributed by atoms with E-state index in [0.717, 1.165) is 26.4 Å². The maximum atomic E-state index is 10.2. The summed E-state index contributed by atoms with van der Waals surface area (Å²) in [5.41, 5.74) is 0. The molecule has 16 heavy (non-hydrogen) atoms. The second kappa shape index (κ2) is 9.11. The molecule has 1 atom stereocenters. The van der Waals surface area contributed by atoms with Crippen LogP contribution in [0.25, 0.3) is 0 Å². The van der Waals surface area contributed by atoms with Gasteiger partial charge in [0.25, 0.3) is 0 Å². The van der Waals surface area contributed by atoms with E-state index < -0.39 is 17.9 Å². The van der Waals surface area contributed by atoms with E-state index in [9.17, 15) is 9.59 Å². The Morgan fingerprint density at radius 3 is 1.69 bits per heavy atom. The van der Waals surface area contributed by atoms with Gasteiger partial charge in [-0.2, -0.15) is 0 Å². The average Bonchev–Trinajstić information content (AvgIpc) is 2.28. The number of rotatable bonds is 4. The fourth-order valence-corrected chi connectivity index (χ4v) is 1.06. The zero-order chi connectivity index (χ0) is 12.4. The molecule has 1 unspecified atom stereocenters. The first kappa shape index (κ1) is 14.9. The van der Waals surface area contributed by atoms with Crippen molar-refractivity contribution in [2.45, 2.75) is 19.8 Å². The van der Waals surface area contributed by atoms with Crippen LogP contribution in [-0.4, -0.2) is 48.6 Å². The van der Waals surface area contributed by atoms with Crippen LogP contribution in [0.2, 0.25) is 0 Å². The summed E-state index contributed by atoms with van der Waals surface area (Å²) < 4.78 is 9.89. The van der Waals surface area contributed by atoms with Gasteiger partial charge in [-0.15, -0.1) is 0 Å². The summed E-state index contributed by atoms with van der Waals surface area (Å²) in [6.07, 6.45) is 0.0769. The largest absolute Gasteiger partial charge is 0.481 e. The Labute approximate surface area is 94.2 Å². The number of ether oxygens (including phenoxy) is 2. The van der Waals surface area contributed by atoms with Gasteiger partial charge in [0.15, 0.2) is 0 Å². The number of carboxylic acids is 2. The van der Waals surface area contributed by atoms with E-state index in [1.54, 1.807) is 6.92 Å². The molecule has 0 aromatic carbocycles. The molecule has 1 rings (SSSR count). The first-order valence-corrected chi connectivity index (χ1v) is 5.18. The maximum absolute atomic E-state index is 10.2. The molecule has 0 saturated carbocycles. The topological polar surface area (TPSA) is 93.1 Å². The molecule has 94 valence electrons. The van der Waals surface area contributed by atoms with Crippen LogP contribution in [0.4, 0.5) is 0 Å². The lowest BCUT2D eigenvalue weighted by Gasteiger charge is -2.09. The Hall–Kier alpha value is -1.14. The van der Waals surface area contributed by atoms with Crippen LogP contribution in [-0.2, 0) is 19.1 Å². The van der Waals surface area contributed by atoms with E-state index in [4.69, 9.17) is 19.7 Å². The smallest absolute Gasteiger partial charge is 0.307 e. The molecular formula is C10H18O6. The van der Waals surface area contributed by atoms with Gasteiger partial charge in [-0.1, -0.05) is 6.92 Å². The zero-order valence-electron chi connectivity index (χ0n) is 9.35. The monoisotopic (exact) mass is 234 g/mol. The van der Waals surface area contributed by atoms with Crippen molar-refractivity contribution in [2.24, 2.45) is 5.92 Å². The molecule has 0 aromatic rings. The quantitative estimate of drug-likeness (QED) is 0.740. The Morgan fingerprint density at radius 2 is 1.56 bits per heavy atom. The Kier molecular flexibility index (Phi) is 8.46. The van der Waals surface area contributed by atoms with Crippen LogP contribution in [0.3, 0.4) is 0 Å². The lowest BCUT2D eigenvalue weighted by Crippen LogP contribution is -2.16. The molecule has 1 heterocycles. The van der Waals surface area contributed by atoms with E-state index in [2.05, 4.69) is 0 Å². The average molecular weight is 234 g/mol. The molecule has 6 nitrogen and oxygen atoms in total. The molecule has 0 aromatic heterocycles. The Morgan fingerprint density at radius 1 is 1.12 bits per heavy atom. The SMILES string of the molecule is C1COCCO1.CCC(CC(=O)O)C(=O)O. The van der Waals surface area contributed by atoms with E-state index in [0.29, 0.717) is 6.42 Å². The molecule has 1 saturated heterocycles. The van der Waals surface area contributed by atoms with Crippen molar-refractivity contribution in [3.05, 3.63) is 0 Å². The normalized spacial score (nSPS) is 16.8. The standard InChI is InChI=1S/C6H10O4.C4H8O2/c1-2-4(6(9)10)3-5(7)8;1-2-6-4-3-5-1/h4H,2-3H2,1H3,(H,7,8)(H,9,10);1-4H2. The van der Waals surface area contributed by atoms with Crippen molar-refractivity contribution in [3.63, 3.8) is 0 Å². The highest BCUT2D eigenvalue weighted by Gasteiger charge is 2.17. The van der Waals surface area contributed by atoms with Crippen LogP contribution in [0.1, 0.15) is 19.8 Å². The lowest BCUT2D eigenvalue weighted by atomic mass is 10.0. The van der Waals surface area contributed by atoms with Crippen molar-refractivity contribution < 1.29 is 29.3 Å². The third kappa shape index (κ3) is 8.19. The number of hydrogen-bond acceptors (Lipinski definition) is 4. The van der Waals surface area contributed by atoms with Gasteiger partial charge >= 0.3 is 11.9 Å². The van der Waals surface area contributed by atoms with E-state index in [-0.39, 0.29) is 6.42 Å². The molecule has 6 heteroatoms. The molecule has 0 radical (unpaired) electrons. The zero-order valence-corrected chi connectivity index (χ0v) is 9.35. The molecule has 1 aliphatic rings. The molecule has 0 spiro atoms. The van der Waals surface area contributed by atoms with Gasteiger partial charge in [-0.25, -0.2) is 0 Å². The molecule has 2 N–H and O–H groups in total. The molecule has 1 fully saturated rings. The van der Waals surface area contributed by atoms with Crippen molar-refractivity contribution in [1.82, 2.24) is 0 Å². The van der Waals surface area contributed by atoms with Gasteiger partial charge < -0.3 is 19.7 Å². The van der Waals surface area contributed by atoms with E-state index >= 15 is 0 Å². The Balaban J connectivity index is 0.000000315. The summed E-state index contributed by atoms with van der Waals surface area (Å²) >= 11 is 0. The summed E-state index contributed by atoms with van der Waals surface area (Å²) in [5.74, 6) is -2.84. The summed E-state index contributed by atoms with van der Waals surface area (Å²) in [5, 5.41) is 16.6. The maximum Gasteiger partial charge on any atom is 0.307 e. The summed E-state index contributed by atoms with van der Waals surface area (Å²) in [6, 6.07) is 0. The molecular weight excluding hydrogens is 216 g/mol. The van der Waals surface area contributed by atoms with Gasteiger partial charge in [0.05, 0.1) is 38.8 Å². The molecule has 1 aliphatic heterocycles.